The van der Waals surface area contributed by atoms with E-state index in [9.17, 15) is 0 Å². The van der Waals surface area contributed by atoms with Crippen molar-refractivity contribution >= 4 is 17.7 Å². The first-order valence-corrected chi connectivity index (χ1v) is 11.9. The molecule has 3 aliphatic heterocycles. The van der Waals surface area contributed by atoms with Crippen molar-refractivity contribution in [2.24, 2.45) is 4.99 Å². The van der Waals surface area contributed by atoms with E-state index in [0.29, 0.717) is 6.04 Å². The van der Waals surface area contributed by atoms with Crippen molar-refractivity contribution in [3.8, 4) is 0 Å². The number of nitrogens with zero attached hydrogens (tertiary/aromatic N) is 1. The van der Waals surface area contributed by atoms with Crippen molar-refractivity contribution in [1.82, 2.24) is 10.6 Å². The molecule has 4 rings (SSSR count). The van der Waals surface area contributed by atoms with Crippen LogP contribution in [0.2, 0.25) is 0 Å². The number of hydrogen-bond donors (Lipinski definition) is 2. The lowest BCUT2D eigenvalue weighted by molar-refractivity contribution is -0.0679. The molecule has 3 unspecified atom stereocenters. The maximum atomic E-state index is 6.17. The number of hydrogen-bond acceptors (Lipinski definition) is 5. The Kier molecular flexibility index (Phi) is 7.20. The van der Waals surface area contributed by atoms with Gasteiger partial charge in [-0.15, -0.1) is 0 Å². The summed E-state index contributed by atoms with van der Waals surface area (Å²) in [5, 5.41) is 7.19. The van der Waals surface area contributed by atoms with Gasteiger partial charge in [-0.3, -0.25) is 4.99 Å². The third-order valence-corrected chi connectivity index (χ3v) is 7.09. The van der Waals surface area contributed by atoms with Gasteiger partial charge in [0.25, 0.3) is 0 Å². The van der Waals surface area contributed by atoms with Crippen molar-refractivity contribution in [3.63, 3.8) is 0 Å². The summed E-state index contributed by atoms with van der Waals surface area (Å²) in [6.45, 7) is 3.23. The smallest absolute Gasteiger partial charge is 0.191 e. The average molecular weight is 408 g/mol. The molecular formula is C21H33N3O3S. The SMILES string of the molecule is c1coc(CCNC(=NCC2CCCCO2)NC2CCOC3(CCSC3)C2)c1. The Hall–Kier alpha value is -1.18. The normalized spacial score (nSPS) is 31.2. The van der Waals surface area contributed by atoms with Crippen LogP contribution in [0.25, 0.3) is 0 Å². The topological polar surface area (TPSA) is 68.0 Å². The second kappa shape index (κ2) is 10.0. The van der Waals surface area contributed by atoms with Crippen LogP contribution in [0, 0.1) is 0 Å². The van der Waals surface area contributed by atoms with Gasteiger partial charge in [0.15, 0.2) is 5.96 Å². The van der Waals surface area contributed by atoms with E-state index in [0.717, 1.165) is 69.5 Å². The Morgan fingerprint density at radius 1 is 1.29 bits per heavy atom. The maximum absolute atomic E-state index is 6.17. The van der Waals surface area contributed by atoms with Gasteiger partial charge >= 0.3 is 0 Å². The summed E-state index contributed by atoms with van der Waals surface area (Å²) in [6.07, 6.45) is 9.63. The van der Waals surface area contributed by atoms with Gasteiger partial charge in [-0.05, 0) is 56.4 Å². The highest BCUT2D eigenvalue weighted by molar-refractivity contribution is 7.99. The van der Waals surface area contributed by atoms with Gasteiger partial charge in [0.2, 0.25) is 0 Å². The molecule has 4 heterocycles. The Morgan fingerprint density at radius 3 is 3.07 bits per heavy atom. The van der Waals surface area contributed by atoms with E-state index < -0.39 is 0 Å². The summed E-state index contributed by atoms with van der Waals surface area (Å²) >= 11 is 2.02. The van der Waals surface area contributed by atoms with Crippen LogP contribution in [0.3, 0.4) is 0 Å². The fraction of sp³-hybridized carbons (Fsp3) is 0.762. The summed E-state index contributed by atoms with van der Waals surface area (Å²) in [5.41, 5.74) is 0.0757. The number of ether oxygens (including phenoxy) is 2. The minimum atomic E-state index is 0.0757. The third kappa shape index (κ3) is 5.67. The van der Waals surface area contributed by atoms with Gasteiger partial charge in [0, 0.05) is 38.0 Å². The first-order chi connectivity index (χ1) is 13.8. The fourth-order valence-electron chi connectivity index (χ4n) is 4.26. The summed E-state index contributed by atoms with van der Waals surface area (Å²) in [5.74, 6) is 4.23. The molecule has 1 aromatic heterocycles. The molecule has 0 bridgehead atoms. The molecule has 6 nitrogen and oxygen atoms in total. The lowest BCUT2D eigenvalue weighted by atomic mass is 9.90. The van der Waals surface area contributed by atoms with E-state index in [1.54, 1.807) is 6.26 Å². The van der Waals surface area contributed by atoms with Gasteiger partial charge < -0.3 is 24.5 Å². The van der Waals surface area contributed by atoms with Crippen molar-refractivity contribution in [3.05, 3.63) is 24.2 Å². The number of guanidine groups is 1. The summed E-state index contributed by atoms with van der Waals surface area (Å²) < 4.78 is 17.5. The predicted octanol–water partition coefficient (Wildman–Crippen LogP) is 2.98. The minimum Gasteiger partial charge on any atom is -0.469 e. The largest absolute Gasteiger partial charge is 0.469 e. The molecule has 0 radical (unpaired) electrons. The van der Waals surface area contributed by atoms with E-state index >= 15 is 0 Å². The highest BCUT2D eigenvalue weighted by Crippen LogP contribution is 2.38. The molecule has 1 aromatic rings. The van der Waals surface area contributed by atoms with Crippen LogP contribution in [0.15, 0.2) is 27.8 Å². The molecule has 0 aromatic carbocycles. The highest BCUT2D eigenvalue weighted by Gasteiger charge is 2.40. The zero-order valence-corrected chi connectivity index (χ0v) is 17.5. The number of aliphatic imine (C=N–C) groups is 1. The van der Waals surface area contributed by atoms with Crippen molar-refractivity contribution in [1.29, 1.82) is 0 Å². The van der Waals surface area contributed by atoms with Crippen LogP contribution in [0.1, 0.15) is 44.3 Å². The first kappa shape index (κ1) is 20.1. The Balaban J connectivity index is 1.33. The van der Waals surface area contributed by atoms with E-state index in [2.05, 4.69) is 10.6 Å². The zero-order valence-electron chi connectivity index (χ0n) is 16.7. The van der Waals surface area contributed by atoms with Gasteiger partial charge in [-0.1, -0.05) is 0 Å². The average Bonchev–Trinajstić information content (AvgIpc) is 3.39. The summed E-state index contributed by atoms with van der Waals surface area (Å²) in [6, 6.07) is 4.36. The molecule has 3 fully saturated rings. The van der Waals surface area contributed by atoms with Crippen LogP contribution >= 0.6 is 11.8 Å². The van der Waals surface area contributed by atoms with Crippen LogP contribution in [-0.2, 0) is 15.9 Å². The molecule has 0 saturated carbocycles. The van der Waals surface area contributed by atoms with Crippen molar-refractivity contribution < 1.29 is 13.9 Å². The maximum Gasteiger partial charge on any atom is 0.191 e. The second-order valence-corrected chi connectivity index (χ2v) is 9.21. The van der Waals surface area contributed by atoms with Gasteiger partial charge in [0.1, 0.15) is 5.76 Å². The molecule has 7 heteroatoms. The zero-order chi connectivity index (χ0) is 19.1. The van der Waals surface area contributed by atoms with E-state index in [-0.39, 0.29) is 11.7 Å². The molecule has 0 amide bonds. The lowest BCUT2D eigenvalue weighted by Crippen LogP contribution is -2.52. The van der Waals surface area contributed by atoms with Crippen molar-refractivity contribution in [2.75, 3.05) is 37.8 Å². The molecule has 3 aliphatic rings. The number of thioether (sulfide) groups is 1. The summed E-state index contributed by atoms with van der Waals surface area (Å²) in [4.78, 5) is 4.87. The number of rotatable bonds is 6. The van der Waals surface area contributed by atoms with Gasteiger partial charge in [0.05, 0.1) is 24.5 Å². The van der Waals surface area contributed by atoms with E-state index in [1.807, 2.05) is 23.9 Å². The molecule has 3 saturated heterocycles. The molecule has 0 aliphatic carbocycles. The number of furan rings is 1. The third-order valence-electron chi connectivity index (χ3n) is 5.87. The molecule has 1 spiro atoms. The van der Waals surface area contributed by atoms with Gasteiger partial charge in [-0.2, -0.15) is 11.8 Å². The van der Waals surface area contributed by atoms with E-state index in [4.69, 9.17) is 18.9 Å². The molecule has 156 valence electrons. The first-order valence-electron chi connectivity index (χ1n) is 10.7. The van der Waals surface area contributed by atoms with Crippen LogP contribution in [0.5, 0.6) is 0 Å². The lowest BCUT2D eigenvalue weighted by Gasteiger charge is -2.38. The predicted molar refractivity (Wildman–Crippen MR) is 113 cm³/mol. The minimum absolute atomic E-state index is 0.0757. The number of nitrogens with one attached hydrogen (secondary N) is 2. The second-order valence-electron chi connectivity index (χ2n) is 8.10. The van der Waals surface area contributed by atoms with Crippen molar-refractivity contribution in [2.45, 2.75) is 62.7 Å². The monoisotopic (exact) mass is 407 g/mol. The van der Waals surface area contributed by atoms with E-state index in [1.165, 1.54) is 25.0 Å². The fourth-order valence-corrected chi connectivity index (χ4v) is 5.64. The Bertz CT molecular complexity index is 610. The molecule has 28 heavy (non-hydrogen) atoms. The molecule has 2 N–H and O–H groups in total. The van der Waals surface area contributed by atoms with Crippen LogP contribution in [-0.4, -0.2) is 61.5 Å². The van der Waals surface area contributed by atoms with Crippen LogP contribution in [0.4, 0.5) is 0 Å². The standard InChI is InChI=1S/C21H33N3O3S/c1-2-10-26-19(4-1)15-23-20(22-9-6-18-5-3-11-25-18)24-17-7-12-27-21(14-17)8-13-28-16-21/h3,5,11,17,19H,1-2,4,6-10,12-16H2,(H2,22,23,24). The van der Waals surface area contributed by atoms with Crippen LogP contribution < -0.4 is 10.6 Å². The molecule has 3 atom stereocenters. The molecular weight excluding hydrogens is 374 g/mol. The Morgan fingerprint density at radius 2 is 2.29 bits per heavy atom. The summed E-state index contributed by atoms with van der Waals surface area (Å²) in [7, 11) is 0. The quantitative estimate of drug-likeness (QED) is 0.558. The Labute approximate surface area is 172 Å². The highest BCUT2D eigenvalue weighted by atomic mass is 32.2. The van der Waals surface area contributed by atoms with Gasteiger partial charge in [-0.25, -0.2) is 0 Å².